The molecule has 1 aromatic carbocycles. The van der Waals surface area contributed by atoms with Gasteiger partial charge in [-0.15, -0.1) is 0 Å². The predicted molar refractivity (Wildman–Crippen MR) is 64.8 cm³/mol. The van der Waals surface area contributed by atoms with Crippen molar-refractivity contribution >= 4 is 11.8 Å². The van der Waals surface area contributed by atoms with Crippen LogP contribution < -0.4 is 4.57 Å². The van der Waals surface area contributed by atoms with Gasteiger partial charge in [-0.2, -0.15) is 4.57 Å². The van der Waals surface area contributed by atoms with Gasteiger partial charge in [-0.05, 0) is 17.9 Å². The van der Waals surface area contributed by atoms with Crippen LogP contribution in [0.1, 0.15) is 0 Å². The first-order valence-electron chi connectivity index (χ1n) is 4.90. The molecule has 0 N–H and O–H groups in total. The largest absolute Gasteiger partial charge is 0.239 e. The Morgan fingerprint density at radius 3 is 2.27 bits per heavy atom. The van der Waals surface area contributed by atoms with E-state index in [-0.39, 0.29) is 0 Å². The quantitative estimate of drug-likeness (QED) is 0.551. The average molecular weight is 216 g/mol. The van der Waals surface area contributed by atoms with Crippen molar-refractivity contribution in [1.82, 2.24) is 0 Å². The summed E-state index contributed by atoms with van der Waals surface area (Å²) in [4.78, 5) is 0. The van der Waals surface area contributed by atoms with Gasteiger partial charge < -0.3 is 0 Å². The smallest absolute Gasteiger partial charge is 0.195 e. The molecule has 2 rings (SSSR count). The van der Waals surface area contributed by atoms with E-state index in [9.17, 15) is 0 Å². The molecule has 1 nitrogen and oxygen atoms in total. The van der Waals surface area contributed by atoms with Crippen molar-refractivity contribution in [3.05, 3.63) is 48.7 Å². The first-order valence-corrected chi connectivity index (χ1v) is 6.13. The van der Waals surface area contributed by atoms with Crippen LogP contribution in [0, 0.1) is 0 Å². The molecule has 0 saturated carbocycles. The molecule has 0 saturated heterocycles. The molecule has 0 aliphatic carbocycles. The van der Waals surface area contributed by atoms with E-state index in [4.69, 9.17) is 0 Å². The molecule has 0 aliphatic heterocycles. The number of aromatic nitrogens is 1. The zero-order chi connectivity index (χ0) is 10.7. The molecular formula is C13H14NS+. The second-order valence-corrected chi connectivity index (χ2v) is 4.26. The van der Waals surface area contributed by atoms with Gasteiger partial charge in [-0.3, -0.25) is 0 Å². The standard InChI is InChI=1S/C13H14NS/c1-14-10-12(8-9-13(14)15-2)11-6-4-3-5-7-11/h3-10H,1-2H3/q+1. The molecule has 0 bridgehead atoms. The molecule has 0 unspecified atom stereocenters. The molecule has 1 aromatic heterocycles. The highest BCUT2D eigenvalue weighted by Crippen LogP contribution is 2.18. The van der Waals surface area contributed by atoms with Crippen molar-refractivity contribution < 1.29 is 4.57 Å². The summed E-state index contributed by atoms with van der Waals surface area (Å²) in [5.41, 5.74) is 2.52. The van der Waals surface area contributed by atoms with Gasteiger partial charge >= 0.3 is 0 Å². The van der Waals surface area contributed by atoms with Gasteiger partial charge in [-0.1, -0.05) is 42.1 Å². The Bertz CT molecular complexity index is 451. The minimum atomic E-state index is 1.26. The van der Waals surface area contributed by atoms with Gasteiger partial charge in [0.15, 0.2) is 6.20 Å². The second-order valence-electron chi connectivity index (χ2n) is 3.44. The first kappa shape index (κ1) is 10.2. The molecule has 2 heteroatoms. The Kier molecular flexibility index (Phi) is 3.07. The summed E-state index contributed by atoms with van der Waals surface area (Å²) in [5.74, 6) is 0. The molecular weight excluding hydrogens is 202 g/mol. The molecule has 76 valence electrons. The van der Waals surface area contributed by atoms with Crippen LogP contribution >= 0.6 is 11.8 Å². The van der Waals surface area contributed by atoms with Crippen molar-refractivity contribution in [1.29, 1.82) is 0 Å². The van der Waals surface area contributed by atoms with E-state index >= 15 is 0 Å². The molecule has 0 spiro atoms. The third-order valence-corrected chi connectivity index (χ3v) is 3.24. The van der Waals surface area contributed by atoms with Gasteiger partial charge in [0.2, 0.25) is 5.03 Å². The highest BCUT2D eigenvalue weighted by molar-refractivity contribution is 7.98. The lowest BCUT2D eigenvalue weighted by Crippen LogP contribution is -2.30. The Morgan fingerprint density at radius 1 is 0.933 bits per heavy atom. The number of nitrogens with zero attached hydrogens (tertiary/aromatic N) is 1. The molecule has 1 heterocycles. The minimum absolute atomic E-state index is 1.26. The SMILES string of the molecule is CSc1ccc(-c2ccccc2)c[n+]1C. The number of hydrogen-bond donors (Lipinski definition) is 0. The first-order chi connectivity index (χ1) is 7.31. The predicted octanol–water partition coefficient (Wildman–Crippen LogP) is 2.90. The van der Waals surface area contributed by atoms with Crippen LogP contribution in [-0.4, -0.2) is 6.26 Å². The van der Waals surface area contributed by atoms with Crippen molar-refractivity contribution in [2.24, 2.45) is 7.05 Å². The monoisotopic (exact) mass is 216 g/mol. The van der Waals surface area contributed by atoms with Crippen molar-refractivity contribution in [2.75, 3.05) is 6.26 Å². The van der Waals surface area contributed by atoms with Crippen LogP contribution in [0.3, 0.4) is 0 Å². The molecule has 0 atom stereocenters. The lowest BCUT2D eigenvalue weighted by molar-refractivity contribution is -0.708. The Balaban J connectivity index is 2.43. The number of thioether (sulfide) groups is 1. The number of rotatable bonds is 2. The Labute approximate surface area is 94.8 Å². The number of pyridine rings is 1. The van der Waals surface area contributed by atoms with Crippen LogP contribution in [0.2, 0.25) is 0 Å². The number of aryl methyl sites for hydroxylation is 1. The van der Waals surface area contributed by atoms with Crippen LogP contribution in [0.5, 0.6) is 0 Å². The van der Waals surface area contributed by atoms with E-state index in [2.05, 4.69) is 60.5 Å². The van der Waals surface area contributed by atoms with E-state index in [1.54, 1.807) is 11.8 Å². The van der Waals surface area contributed by atoms with Crippen molar-refractivity contribution in [3.8, 4) is 11.1 Å². The summed E-state index contributed by atoms with van der Waals surface area (Å²) >= 11 is 1.76. The lowest BCUT2D eigenvalue weighted by atomic mass is 10.1. The fourth-order valence-electron chi connectivity index (χ4n) is 1.61. The maximum absolute atomic E-state index is 2.17. The lowest BCUT2D eigenvalue weighted by Gasteiger charge is -2.01. The molecule has 0 radical (unpaired) electrons. The topological polar surface area (TPSA) is 3.88 Å². The highest BCUT2D eigenvalue weighted by Gasteiger charge is 2.06. The van der Waals surface area contributed by atoms with Crippen LogP contribution in [-0.2, 0) is 7.05 Å². The third kappa shape index (κ3) is 2.21. The summed E-state index contributed by atoms with van der Waals surface area (Å²) in [6.45, 7) is 0. The summed E-state index contributed by atoms with van der Waals surface area (Å²) in [7, 11) is 2.08. The van der Waals surface area contributed by atoms with Crippen LogP contribution in [0.4, 0.5) is 0 Å². The molecule has 15 heavy (non-hydrogen) atoms. The van der Waals surface area contributed by atoms with Gasteiger partial charge in [0.1, 0.15) is 7.05 Å². The molecule has 0 fully saturated rings. The average Bonchev–Trinajstić information content (AvgIpc) is 2.30. The fraction of sp³-hybridized carbons (Fsp3) is 0.154. The Hall–Kier alpha value is -1.28. The van der Waals surface area contributed by atoms with Crippen molar-refractivity contribution in [3.63, 3.8) is 0 Å². The van der Waals surface area contributed by atoms with E-state index in [0.29, 0.717) is 0 Å². The maximum Gasteiger partial charge on any atom is 0.239 e. The zero-order valence-electron chi connectivity index (χ0n) is 8.97. The summed E-state index contributed by atoms with van der Waals surface area (Å²) in [5, 5.41) is 1.27. The highest BCUT2D eigenvalue weighted by atomic mass is 32.2. The second kappa shape index (κ2) is 4.49. The minimum Gasteiger partial charge on any atom is -0.195 e. The van der Waals surface area contributed by atoms with Gasteiger partial charge in [0, 0.05) is 11.6 Å². The fourth-order valence-corrected chi connectivity index (χ4v) is 2.15. The van der Waals surface area contributed by atoms with Gasteiger partial charge in [0.05, 0.1) is 0 Å². The van der Waals surface area contributed by atoms with Gasteiger partial charge in [0.25, 0.3) is 0 Å². The number of benzene rings is 1. The number of hydrogen-bond acceptors (Lipinski definition) is 1. The van der Waals surface area contributed by atoms with E-state index < -0.39 is 0 Å². The normalized spacial score (nSPS) is 10.3. The Morgan fingerprint density at radius 2 is 1.67 bits per heavy atom. The van der Waals surface area contributed by atoms with E-state index in [1.165, 1.54) is 16.2 Å². The maximum atomic E-state index is 2.17. The van der Waals surface area contributed by atoms with Crippen LogP contribution in [0.15, 0.2) is 53.7 Å². The van der Waals surface area contributed by atoms with E-state index in [1.807, 2.05) is 6.07 Å². The van der Waals surface area contributed by atoms with Crippen LogP contribution in [0.25, 0.3) is 11.1 Å². The summed E-state index contributed by atoms with van der Waals surface area (Å²) in [6.07, 6.45) is 4.26. The summed E-state index contributed by atoms with van der Waals surface area (Å²) in [6, 6.07) is 14.8. The van der Waals surface area contributed by atoms with E-state index in [0.717, 1.165) is 0 Å². The summed E-state index contributed by atoms with van der Waals surface area (Å²) < 4.78 is 2.16. The molecule has 2 aromatic rings. The third-order valence-electron chi connectivity index (χ3n) is 2.40. The van der Waals surface area contributed by atoms with Crippen molar-refractivity contribution in [2.45, 2.75) is 5.03 Å². The zero-order valence-corrected chi connectivity index (χ0v) is 9.79. The van der Waals surface area contributed by atoms with Gasteiger partial charge in [-0.25, -0.2) is 0 Å². The molecule has 0 aliphatic rings. The molecule has 0 amide bonds.